The van der Waals surface area contributed by atoms with Gasteiger partial charge in [-0.15, -0.1) is 0 Å². The number of rotatable bonds is 8. The van der Waals surface area contributed by atoms with E-state index in [1.807, 2.05) is 30.3 Å². The maximum absolute atomic E-state index is 13.0. The second-order valence-corrected chi connectivity index (χ2v) is 8.51. The molecule has 1 aliphatic rings. The van der Waals surface area contributed by atoms with Crippen molar-refractivity contribution in [2.24, 2.45) is 0 Å². The van der Waals surface area contributed by atoms with Gasteiger partial charge in [-0.25, -0.2) is 9.69 Å². The number of hydrogen-bond donors (Lipinski definition) is 2. The molecule has 0 radical (unpaired) electrons. The van der Waals surface area contributed by atoms with Gasteiger partial charge in [0.1, 0.15) is 0 Å². The highest BCUT2D eigenvalue weighted by molar-refractivity contribution is 7.82. The van der Waals surface area contributed by atoms with E-state index in [1.165, 1.54) is 6.92 Å². The SMILES string of the molecule is CC(C(=O)NO)(c1ccccc1)S(=O)ON1CCC(OCc2ccccc2)CC1. The number of amides is 1. The first-order valence-corrected chi connectivity index (χ1v) is 10.6. The van der Waals surface area contributed by atoms with Gasteiger partial charge >= 0.3 is 0 Å². The standard InChI is InChI=1S/C21H26N2O5S/c1-21(20(24)22-25,18-10-6-3-7-11-18)29(26)28-23-14-12-19(13-15-23)27-16-17-8-4-2-5-9-17/h2-11,19,25H,12-16H2,1H3,(H,22,24). The Morgan fingerprint density at radius 1 is 1.14 bits per heavy atom. The predicted molar refractivity (Wildman–Crippen MR) is 109 cm³/mol. The summed E-state index contributed by atoms with van der Waals surface area (Å²) in [6, 6.07) is 18.6. The second kappa shape index (κ2) is 10.1. The summed E-state index contributed by atoms with van der Waals surface area (Å²) < 4.78 is 23.0. The van der Waals surface area contributed by atoms with Gasteiger partial charge in [0.2, 0.25) is 0 Å². The van der Waals surface area contributed by atoms with Gasteiger partial charge in [-0.1, -0.05) is 60.7 Å². The molecular weight excluding hydrogens is 392 g/mol. The van der Waals surface area contributed by atoms with Gasteiger partial charge in [-0.3, -0.25) is 10.0 Å². The molecule has 2 atom stereocenters. The number of nitrogens with zero attached hydrogens (tertiary/aromatic N) is 1. The van der Waals surface area contributed by atoms with Crippen molar-refractivity contribution in [2.45, 2.75) is 37.2 Å². The molecule has 0 spiro atoms. The second-order valence-electron chi connectivity index (χ2n) is 7.07. The maximum atomic E-state index is 13.0. The summed E-state index contributed by atoms with van der Waals surface area (Å²) >= 11 is -2.03. The summed E-state index contributed by atoms with van der Waals surface area (Å²) in [5, 5.41) is 10.8. The highest BCUT2D eigenvalue weighted by Crippen LogP contribution is 2.30. The minimum absolute atomic E-state index is 0.102. The molecule has 8 heteroatoms. The van der Waals surface area contributed by atoms with Gasteiger partial charge in [0.25, 0.3) is 5.91 Å². The van der Waals surface area contributed by atoms with Crippen LogP contribution in [0.25, 0.3) is 0 Å². The van der Waals surface area contributed by atoms with E-state index in [1.54, 1.807) is 40.9 Å². The Bertz CT molecular complexity index is 812. The van der Waals surface area contributed by atoms with Gasteiger partial charge in [0.05, 0.1) is 12.7 Å². The smallest absolute Gasteiger partial charge is 0.268 e. The van der Waals surface area contributed by atoms with E-state index < -0.39 is 21.7 Å². The minimum Gasteiger partial charge on any atom is -0.373 e. The Hall–Kier alpha value is -2.10. The first kappa shape index (κ1) is 21.6. The Balaban J connectivity index is 1.56. The number of benzene rings is 2. The molecule has 2 aromatic carbocycles. The maximum Gasteiger partial charge on any atom is 0.268 e. The minimum atomic E-state index is -2.03. The third-order valence-corrected chi connectivity index (χ3v) is 6.53. The lowest BCUT2D eigenvalue weighted by atomic mass is 10.00. The van der Waals surface area contributed by atoms with Crippen LogP contribution in [-0.2, 0) is 36.2 Å². The van der Waals surface area contributed by atoms with E-state index in [2.05, 4.69) is 0 Å². The van der Waals surface area contributed by atoms with Crippen molar-refractivity contribution >= 4 is 17.0 Å². The summed E-state index contributed by atoms with van der Waals surface area (Å²) in [6.07, 6.45) is 1.57. The van der Waals surface area contributed by atoms with Crippen LogP contribution in [0.2, 0.25) is 0 Å². The molecule has 2 N–H and O–H groups in total. The topological polar surface area (TPSA) is 88.1 Å². The summed E-state index contributed by atoms with van der Waals surface area (Å²) in [4.78, 5) is 12.3. The Labute approximate surface area is 173 Å². The van der Waals surface area contributed by atoms with Crippen molar-refractivity contribution < 1.29 is 23.2 Å². The number of carbonyl (C=O) groups is 1. The first-order valence-electron chi connectivity index (χ1n) is 9.55. The molecule has 0 aliphatic carbocycles. The molecule has 0 aromatic heterocycles. The summed E-state index contributed by atoms with van der Waals surface area (Å²) in [5.41, 5.74) is 3.23. The highest BCUT2D eigenvalue weighted by atomic mass is 32.2. The van der Waals surface area contributed by atoms with Crippen molar-refractivity contribution in [1.29, 1.82) is 0 Å². The molecule has 1 fully saturated rings. The zero-order chi connectivity index (χ0) is 20.7. The molecule has 29 heavy (non-hydrogen) atoms. The van der Waals surface area contributed by atoms with Crippen LogP contribution in [0, 0.1) is 0 Å². The van der Waals surface area contributed by atoms with Crippen LogP contribution >= 0.6 is 0 Å². The fraction of sp³-hybridized carbons (Fsp3) is 0.381. The van der Waals surface area contributed by atoms with Crippen molar-refractivity contribution in [1.82, 2.24) is 10.5 Å². The zero-order valence-electron chi connectivity index (χ0n) is 16.3. The van der Waals surface area contributed by atoms with E-state index in [-0.39, 0.29) is 6.10 Å². The molecule has 0 bridgehead atoms. The third kappa shape index (κ3) is 5.29. The van der Waals surface area contributed by atoms with Crippen molar-refractivity contribution in [3.05, 3.63) is 71.8 Å². The quantitative estimate of drug-likeness (QED) is 0.506. The van der Waals surface area contributed by atoms with Crippen LogP contribution in [0.5, 0.6) is 0 Å². The number of ether oxygens (including phenoxy) is 1. The van der Waals surface area contributed by atoms with Crippen molar-refractivity contribution in [2.75, 3.05) is 13.1 Å². The number of hydroxylamine groups is 3. The van der Waals surface area contributed by atoms with E-state index >= 15 is 0 Å². The normalized spacial score (nSPS) is 18.7. The number of nitrogens with one attached hydrogen (secondary N) is 1. The molecule has 1 heterocycles. The van der Waals surface area contributed by atoms with E-state index in [0.29, 0.717) is 25.3 Å². The molecule has 2 aromatic rings. The molecule has 1 saturated heterocycles. The summed E-state index contributed by atoms with van der Waals surface area (Å²) in [7, 11) is 0. The average molecular weight is 419 g/mol. The van der Waals surface area contributed by atoms with Gasteiger partial charge in [0.15, 0.2) is 15.8 Å². The molecule has 7 nitrogen and oxygen atoms in total. The van der Waals surface area contributed by atoms with Crippen LogP contribution < -0.4 is 5.48 Å². The molecule has 1 amide bonds. The van der Waals surface area contributed by atoms with Crippen LogP contribution in [-0.4, -0.2) is 39.6 Å². The van der Waals surface area contributed by atoms with E-state index in [0.717, 1.165) is 18.4 Å². The predicted octanol–water partition coefficient (Wildman–Crippen LogP) is 2.68. The van der Waals surface area contributed by atoms with Gasteiger partial charge < -0.3 is 4.74 Å². The Morgan fingerprint density at radius 2 is 1.72 bits per heavy atom. The number of hydrogen-bond acceptors (Lipinski definition) is 6. The Kier molecular flexibility index (Phi) is 7.51. The number of carbonyl (C=O) groups excluding carboxylic acids is 1. The third-order valence-electron chi connectivity index (χ3n) is 5.10. The van der Waals surface area contributed by atoms with Crippen molar-refractivity contribution in [3.63, 3.8) is 0 Å². The zero-order valence-corrected chi connectivity index (χ0v) is 17.1. The lowest BCUT2D eigenvalue weighted by Crippen LogP contribution is -2.47. The van der Waals surface area contributed by atoms with Gasteiger partial charge in [0, 0.05) is 13.1 Å². The molecular formula is C21H26N2O5S. The molecule has 2 unspecified atom stereocenters. The summed E-state index contributed by atoms with van der Waals surface area (Å²) in [6.45, 7) is 3.12. The van der Waals surface area contributed by atoms with Crippen LogP contribution in [0.3, 0.4) is 0 Å². The molecule has 0 saturated carbocycles. The number of piperidine rings is 1. The van der Waals surface area contributed by atoms with Crippen LogP contribution in [0.1, 0.15) is 30.9 Å². The monoisotopic (exact) mass is 418 g/mol. The molecule has 3 rings (SSSR count). The van der Waals surface area contributed by atoms with E-state index in [9.17, 15) is 9.00 Å². The highest BCUT2D eigenvalue weighted by Gasteiger charge is 2.44. The first-order chi connectivity index (χ1) is 14.0. The van der Waals surface area contributed by atoms with Crippen LogP contribution in [0.4, 0.5) is 0 Å². The van der Waals surface area contributed by atoms with Gasteiger partial charge in [-0.05, 0) is 30.9 Å². The molecule has 156 valence electrons. The lowest BCUT2D eigenvalue weighted by molar-refractivity contribution is -0.133. The molecule has 1 aliphatic heterocycles. The van der Waals surface area contributed by atoms with Crippen LogP contribution in [0.15, 0.2) is 60.7 Å². The summed E-state index contributed by atoms with van der Waals surface area (Å²) in [5.74, 6) is -0.789. The lowest BCUT2D eigenvalue weighted by Gasteiger charge is -2.33. The Morgan fingerprint density at radius 3 is 2.31 bits per heavy atom. The average Bonchev–Trinajstić information content (AvgIpc) is 2.78. The fourth-order valence-corrected chi connectivity index (χ4v) is 4.21. The van der Waals surface area contributed by atoms with Gasteiger partial charge in [-0.2, -0.15) is 9.35 Å². The fourth-order valence-electron chi connectivity index (χ4n) is 3.20. The van der Waals surface area contributed by atoms with Crippen molar-refractivity contribution in [3.8, 4) is 0 Å². The van der Waals surface area contributed by atoms with E-state index in [4.69, 9.17) is 14.2 Å². The largest absolute Gasteiger partial charge is 0.373 e.